The molecule has 12 heteroatoms. The van der Waals surface area contributed by atoms with E-state index in [1.165, 1.54) is 41.3 Å². The first-order valence-electron chi connectivity index (χ1n) is 13.6. The lowest BCUT2D eigenvalue weighted by atomic mass is 10.1. The van der Waals surface area contributed by atoms with Crippen molar-refractivity contribution in [2.75, 3.05) is 17.7 Å². The summed E-state index contributed by atoms with van der Waals surface area (Å²) in [4.78, 5) is 39.6. The highest BCUT2D eigenvalue weighted by Crippen LogP contribution is 2.39. The fourth-order valence-corrected chi connectivity index (χ4v) is 6.87. The lowest BCUT2D eigenvalue weighted by Crippen LogP contribution is -2.25. The third-order valence-corrected chi connectivity index (χ3v) is 8.95. The number of aromatic nitrogens is 3. The van der Waals surface area contributed by atoms with Crippen LogP contribution in [0, 0.1) is 19.7 Å². The molecule has 0 saturated heterocycles. The molecule has 9 nitrogen and oxygen atoms in total. The Labute approximate surface area is 250 Å². The van der Waals surface area contributed by atoms with Crippen LogP contribution in [0.25, 0.3) is 5.69 Å². The van der Waals surface area contributed by atoms with Gasteiger partial charge < -0.3 is 15.4 Å². The van der Waals surface area contributed by atoms with Gasteiger partial charge in [0.2, 0.25) is 5.91 Å². The van der Waals surface area contributed by atoms with E-state index in [9.17, 15) is 18.8 Å². The number of anilines is 1. The zero-order valence-electron chi connectivity index (χ0n) is 23.5. The molecule has 0 aliphatic heterocycles. The Balaban J connectivity index is 1.36. The van der Waals surface area contributed by atoms with Crippen molar-refractivity contribution >= 4 is 45.9 Å². The van der Waals surface area contributed by atoms with E-state index in [1.54, 1.807) is 17.6 Å². The highest BCUT2D eigenvalue weighted by atomic mass is 32.2. The van der Waals surface area contributed by atoms with Crippen LogP contribution in [-0.2, 0) is 28.9 Å². The Hall–Kier alpha value is -4.03. The van der Waals surface area contributed by atoms with Crippen LogP contribution in [0.2, 0.25) is 0 Å². The number of ether oxygens (including phenoxy) is 1. The van der Waals surface area contributed by atoms with Crippen molar-refractivity contribution in [1.29, 1.82) is 0 Å². The van der Waals surface area contributed by atoms with Gasteiger partial charge in [-0.05, 0) is 74.9 Å². The molecule has 0 bridgehead atoms. The number of carbonyl (C=O) groups is 3. The molecule has 2 N–H and O–H groups in total. The van der Waals surface area contributed by atoms with Crippen LogP contribution in [0.5, 0.6) is 0 Å². The minimum atomic E-state index is -0.615. The molecule has 0 unspecified atom stereocenters. The number of amides is 2. The Morgan fingerprint density at radius 1 is 1.12 bits per heavy atom. The standard InChI is InChI=1S/C30H30FN5O4S2/c1-4-40-29(39)26-20-9-7-11-23(20)42-28(26)33-25(37)16-41-30-35-34-24(36(30)22-14-17(2)12-13-18(22)3)15-32-27(38)19-8-5-6-10-21(19)31/h5-6,8,10,12-14H,4,7,9,11,15-16H2,1-3H3,(H,32,38)(H,33,37). The molecule has 4 aromatic rings. The minimum Gasteiger partial charge on any atom is -0.462 e. The van der Waals surface area contributed by atoms with Crippen LogP contribution in [0.1, 0.15) is 61.5 Å². The average Bonchev–Trinajstić information content (AvgIpc) is 3.67. The van der Waals surface area contributed by atoms with E-state index in [-0.39, 0.29) is 30.4 Å². The van der Waals surface area contributed by atoms with Crippen LogP contribution in [0.3, 0.4) is 0 Å². The van der Waals surface area contributed by atoms with E-state index in [0.29, 0.717) is 21.5 Å². The number of hydrogen-bond acceptors (Lipinski definition) is 8. The monoisotopic (exact) mass is 607 g/mol. The number of halogens is 1. The maximum Gasteiger partial charge on any atom is 0.341 e. The molecule has 0 atom stereocenters. The number of thioether (sulfide) groups is 1. The summed E-state index contributed by atoms with van der Waals surface area (Å²) in [5.74, 6) is -1.47. The van der Waals surface area contributed by atoms with Gasteiger partial charge in [-0.15, -0.1) is 21.5 Å². The first-order chi connectivity index (χ1) is 20.3. The van der Waals surface area contributed by atoms with Crippen LogP contribution < -0.4 is 10.6 Å². The van der Waals surface area contributed by atoms with Gasteiger partial charge in [0.05, 0.1) is 35.7 Å². The van der Waals surface area contributed by atoms with Gasteiger partial charge in [-0.2, -0.15) is 0 Å². The van der Waals surface area contributed by atoms with Crippen molar-refractivity contribution in [3.05, 3.63) is 86.8 Å². The summed E-state index contributed by atoms with van der Waals surface area (Å²) in [6, 6.07) is 11.7. The molecule has 1 aliphatic carbocycles. The fraction of sp³-hybridized carbons (Fsp3) is 0.300. The van der Waals surface area contributed by atoms with E-state index >= 15 is 0 Å². The van der Waals surface area contributed by atoms with E-state index in [1.807, 2.05) is 32.0 Å². The largest absolute Gasteiger partial charge is 0.462 e. The number of nitrogens with zero attached hydrogens (tertiary/aromatic N) is 3. The smallest absolute Gasteiger partial charge is 0.341 e. The average molecular weight is 608 g/mol. The molecule has 2 amide bonds. The zero-order valence-corrected chi connectivity index (χ0v) is 25.1. The number of fused-ring (bicyclic) bond motifs is 1. The lowest BCUT2D eigenvalue weighted by Gasteiger charge is -2.14. The zero-order chi connectivity index (χ0) is 29.8. The van der Waals surface area contributed by atoms with Crippen molar-refractivity contribution in [2.24, 2.45) is 0 Å². The number of nitrogens with one attached hydrogen (secondary N) is 2. The SMILES string of the molecule is CCOC(=O)c1c(NC(=O)CSc2nnc(CNC(=O)c3ccccc3F)n2-c2cc(C)ccc2C)sc2c1CCC2. The van der Waals surface area contributed by atoms with Gasteiger partial charge in [-0.3, -0.25) is 14.2 Å². The van der Waals surface area contributed by atoms with Crippen molar-refractivity contribution in [3.63, 3.8) is 0 Å². The number of aryl methyl sites for hydroxylation is 3. The van der Waals surface area contributed by atoms with Crippen LogP contribution in [-0.4, -0.2) is 44.9 Å². The highest BCUT2D eigenvalue weighted by Gasteiger charge is 2.28. The van der Waals surface area contributed by atoms with Crippen molar-refractivity contribution in [1.82, 2.24) is 20.1 Å². The Morgan fingerprint density at radius 2 is 1.93 bits per heavy atom. The predicted octanol–water partition coefficient (Wildman–Crippen LogP) is 5.41. The maximum absolute atomic E-state index is 14.1. The predicted molar refractivity (Wildman–Crippen MR) is 160 cm³/mol. The number of esters is 1. The first kappa shape index (κ1) is 29.5. The summed E-state index contributed by atoms with van der Waals surface area (Å²) in [7, 11) is 0. The highest BCUT2D eigenvalue weighted by molar-refractivity contribution is 7.99. The summed E-state index contributed by atoms with van der Waals surface area (Å²) in [5.41, 5.74) is 4.12. The number of rotatable bonds is 10. The molecule has 42 heavy (non-hydrogen) atoms. The van der Waals surface area contributed by atoms with E-state index in [2.05, 4.69) is 20.8 Å². The molecule has 0 radical (unpaired) electrons. The molecule has 5 rings (SSSR count). The quantitative estimate of drug-likeness (QED) is 0.183. The number of carbonyl (C=O) groups excluding carboxylic acids is 3. The Bertz CT molecular complexity index is 1670. The Kier molecular flexibility index (Phi) is 9.03. The van der Waals surface area contributed by atoms with Gasteiger partial charge in [0.25, 0.3) is 5.91 Å². The molecule has 2 aromatic carbocycles. The van der Waals surface area contributed by atoms with Gasteiger partial charge >= 0.3 is 5.97 Å². The van der Waals surface area contributed by atoms with Crippen molar-refractivity contribution < 1.29 is 23.5 Å². The van der Waals surface area contributed by atoms with Gasteiger partial charge in [-0.1, -0.05) is 36.0 Å². The molecular weight excluding hydrogens is 577 g/mol. The van der Waals surface area contributed by atoms with E-state index in [4.69, 9.17) is 4.74 Å². The third kappa shape index (κ3) is 6.24. The summed E-state index contributed by atoms with van der Waals surface area (Å²) in [5, 5.41) is 15.2. The number of benzene rings is 2. The molecule has 1 aliphatic rings. The van der Waals surface area contributed by atoms with E-state index in [0.717, 1.165) is 46.5 Å². The summed E-state index contributed by atoms with van der Waals surface area (Å²) < 4.78 is 21.2. The van der Waals surface area contributed by atoms with Gasteiger partial charge in [0, 0.05) is 4.88 Å². The summed E-state index contributed by atoms with van der Waals surface area (Å²) >= 11 is 2.61. The van der Waals surface area contributed by atoms with Crippen LogP contribution in [0.15, 0.2) is 47.6 Å². The van der Waals surface area contributed by atoms with Gasteiger partial charge in [0.15, 0.2) is 11.0 Å². The second-order valence-electron chi connectivity index (χ2n) is 9.81. The maximum atomic E-state index is 14.1. The minimum absolute atomic E-state index is 0.00934. The molecule has 0 spiro atoms. The molecule has 2 aromatic heterocycles. The topological polar surface area (TPSA) is 115 Å². The molecule has 2 heterocycles. The van der Waals surface area contributed by atoms with Gasteiger partial charge in [-0.25, -0.2) is 9.18 Å². The van der Waals surface area contributed by atoms with E-state index < -0.39 is 17.7 Å². The second kappa shape index (κ2) is 12.9. The lowest BCUT2D eigenvalue weighted by molar-refractivity contribution is -0.113. The normalized spacial score (nSPS) is 12.2. The Morgan fingerprint density at radius 3 is 2.71 bits per heavy atom. The van der Waals surface area contributed by atoms with Crippen LogP contribution in [0.4, 0.5) is 9.39 Å². The van der Waals surface area contributed by atoms with Crippen molar-refractivity contribution in [3.8, 4) is 5.69 Å². The first-order valence-corrected chi connectivity index (χ1v) is 15.4. The molecule has 0 fully saturated rings. The number of hydrogen-bond donors (Lipinski definition) is 2. The summed E-state index contributed by atoms with van der Waals surface area (Å²) in [6.07, 6.45) is 2.65. The van der Waals surface area contributed by atoms with Gasteiger partial charge in [0.1, 0.15) is 10.8 Å². The van der Waals surface area contributed by atoms with Crippen LogP contribution >= 0.6 is 23.1 Å². The second-order valence-corrected chi connectivity index (χ2v) is 11.9. The fourth-order valence-electron chi connectivity index (χ4n) is 4.81. The molecular formula is C30H30FN5O4S2. The molecule has 218 valence electrons. The number of thiophene rings is 1. The molecule has 0 saturated carbocycles. The third-order valence-electron chi connectivity index (χ3n) is 6.82. The van der Waals surface area contributed by atoms with Crippen molar-refractivity contribution in [2.45, 2.75) is 51.7 Å². The summed E-state index contributed by atoms with van der Waals surface area (Å²) in [6.45, 7) is 5.91.